The first kappa shape index (κ1) is 14.4. The Morgan fingerprint density at radius 1 is 1.14 bits per heavy atom. The number of para-hydroxylation sites is 2. The average molecular weight is 294 g/mol. The molecule has 0 saturated heterocycles. The summed E-state index contributed by atoms with van der Waals surface area (Å²) in [5, 5.41) is 13.4. The van der Waals surface area contributed by atoms with Crippen molar-refractivity contribution in [2.75, 3.05) is 5.32 Å². The summed E-state index contributed by atoms with van der Waals surface area (Å²) in [6.07, 6.45) is 0.788. The third kappa shape index (κ3) is 2.61. The summed E-state index contributed by atoms with van der Waals surface area (Å²) in [6.45, 7) is 1.92. The molecule has 0 aliphatic rings. The van der Waals surface area contributed by atoms with E-state index in [1.165, 1.54) is 0 Å². The highest BCUT2D eigenvalue weighted by Gasteiger charge is 2.13. The zero-order valence-corrected chi connectivity index (χ0v) is 12.4. The number of anilines is 1. The molecule has 0 spiro atoms. The molecule has 4 nitrogen and oxygen atoms in total. The molecule has 1 aromatic heterocycles. The lowest BCUT2D eigenvalue weighted by Gasteiger charge is -2.13. The van der Waals surface area contributed by atoms with E-state index in [1.54, 1.807) is 0 Å². The molecule has 22 heavy (non-hydrogen) atoms. The number of rotatable bonds is 4. The van der Waals surface area contributed by atoms with E-state index in [9.17, 15) is 9.90 Å². The molecule has 3 rings (SSSR count). The maximum Gasteiger partial charge on any atom is 0.272 e. The molecule has 0 atom stereocenters. The van der Waals surface area contributed by atoms with Crippen LogP contribution in [-0.4, -0.2) is 16.0 Å². The van der Waals surface area contributed by atoms with Gasteiger partial charge in [0.05, 0.1) is 6.61 Å². The molecule has 0 saturated carbocycles. The minimum Gasteiger partial charge on any atom is -0.392 e. The summed E-state index contributed by atoms with van der Waals surface area (Å²) in [7, 11) is 0. The summed E-state index contributed by atoms with van der Waals surface area (Å²) in [4.78, 5) is 15.6. The topological polar surface area (TPSA) is 65.1 Å². The maximum atomic E-state index is 12.5. The Morgan fingerprint density at radius 2 is 1.91 bits per heavy atom. The minimum absolute atomic E-state index is 0.101. The smallest absolute Gasteiger partial charge is 0.272 e. The monoisotopic (exact) mass is 294 g/mol. The first-order valence-electron chi connectivity index (χ1n) is 7.33. The quantitative estimate of drug-likeness (QED) is 0.689. The predicted molar refractivity (Wildman–Crippen MR) is 88.0 cm³/mol. The van der Waals surface area contributed by atoms with Crippen LogP contribution in [0.15, 0.2) is 48.5 Å². The minimum atomic E-state index is -0.202. The van der Waals surface area contributed by atoms with Gasteiger partial charge in [0, 0.05) is 22.2 Å². The van der Waals surface area contributed by atoms with Crippen LogP contribution >= 0.6 is 0 Å². The van der Waals surface area contributed by atoms with Crippen molar-refractivity contribution < 1.29 is 9.90 Å². The van der Waals surface area contributed by atoms with Crippen LogP contribution < -0.4 is 5.32 Å². The average Bonchev–Trinajstić information content (AvgIpc) is 2.99. The molecule has 0 unspecified atom stereocenters. The van der Waals surface area contributed by atoms with Crippen LogP contribution in [0.2, 0.25) is 0 Å². The normalized spacial score (nSPS) is 10.8. The third-order valence-corrected chi connectivity index (χ3v) is 3.80. The van der Waals surface area contributed by atoms with Crippen LogP contribution in [0, 0.1) is 0 Å². The summed E-state index contributed by atoms with van der Waals surface area (Å²) >= 11 is 0. The highest BCUT2D eigenvalue weighted by atomic mass is 16.3. The Kier molecular flexibility index (Phi) is 3.94. The molecule has 3 N–H and O–H groups in total. The Morgan fingerprint density at radius 3 is 2.64 bits per heavy atom. The number of aliphatic hydroxyl groups excluding tert-OH is 1. The Labute approximate surface area is 128 Å². The summed E-state index contributed by atoms with van der Waals surface area (Å²) in [6, 6.07) is 15.3. The van der Waals surface area contributed by atoms with Crippen LogP contribution in [-0.2, 0) is 13.0 Å². The van der Waals surface area contributed by atoms with Gasteiger partial charge in [-0.15, -0.1) is 0 Å². The van der Waals surface area contributed by atoms with Gasteiger partial charge < -0.3 is 15.4 Å². The standard InChI is InChI=1S/C18H18N2O2/c1-2-12-7-5-8-14(11-21)17(12)20-18(22)16-10-13-6-3-4-9-15(13)19-16/h3-10,19,21H,2,11H2,1H3,(H,20,22). The van der Waals surface area contributed by atoms with Crippen molar-refractivity contribution in [2.45, 2.75) is 20.0 Å². The molecule has 4 heteroatoms. The summed E-state index contributed by atoms with van der Waals surface area (Å²) in [5.74, 6) is -0.202. The SMILES string of the molecule is CCc1cccc(CO)c1NC(=O)c1cc2ccccc2[nH]1. The number of aliphatic hydroxyl groups is 1. The van der Waals surface area contributed by atoms with Crippen molar-refractivity contribution in [3.63, 3.8) is 0 Å². The van der Waals surface area contributed by atoms with E-state index in [2.05, 4.69) is 10.3 Å². The number of hydrogen-bond acceptors (Lipinski definition) is 2. The number of benzene rings is 2. The van der Waals surface area contributed by atoms with Crippen molar-refractivity contribution in [3.8, 4) is 0 Å². The van der Waals surface area contributed by atoms with Gasteiger partial charge >= 0.3 is 0 Å². The third-order valence-electron chi connectivity index (χ3n) is 3.80. The van der Waals surface area contributed by atoms with E-state index < -0.39 is 0 Å². The number of nitrogens with one attached hydrogen (secondary N) is 2. The summed E-state index contributed by atoms with van der Waals surface area (Å²) < 4.78 is 0. The number of aromatic amines is 1. The van der Waals surface area contributed by atoms with E-state index in [-0.39, 0.29) is 12.5 Å². The van der Waals surface area contributed by atoms with E-state index in [0.717, 1.165) is 28.5 Å². The zero-order chi connectivity index (χ0) is 15.5. The highest BCUT2D eigenvalue weighted by Crippen LogP contribution is 2.23. The molecule has 1 amide bonds. The maximum absolute atomic E-state index is 12.5. The van der Waals surface area contributed by atoms with Crippen molar-refractivity contribution in [1.29, 1.82) is 0 Å². The van der Waals surface area contributed by atoms with Gasteiger partial charge in [-0.1, -0.05) is 43.3 Å². The van der Waals surface area contributed by atoms with Gasteiger partial charge in [-0.3, -0.25) is 4.79 Å². The van der Waals surface area contributed by atoms with Crippen molar-refractivity contribution >= 4 is 22.5 Å². The molecule has 0 fully saturated rings. The van der Waals surface area contributed by atoms with E-state index in [0.29, 0.717) is 11.4 Å². The van der Waals surface area contributed by atoms with Gasteiger partial charge in [-0.05, 0) is 24.1 Å². The van der Waals surface area contributed by atoms with Crippen LogP contribution in [0.25, 0.3) is 10.9 Å². The predicted octanol–water partition coefficient (Wildman–Crippen LogP) is 3.47. The fourth-order valence-corrected chi connectivity index (χ4v) is 2.62. The molecule has 0 aliphatic carbocycles. The first-order chi connectivity index (χ1) is 10.7. The summed E-state index contributed by atoms with van der Waals surface area (Å²) in [5.41, 5.74) is 3.88. The number of aromatic nitrogens is 1. The fraction of sp³-hybridized carbons (Fsp3) is 0.167. The van der Waals surface area contributed by atoms with Gasteiger partial charge in [0.15, 0.2) is 0 Å². The molecule has 0 bridgehead atoms. The number of aryl methyl sites for hydroxylation is 1. The van der Waals surface area contributed by atoms with Gasteiger partial charge in [-0.25, -0.2) is 0 Å². The Bertz CT molecular complexity index is 766. The van der Waals surface area contributed by atoms with Gasteiger partial charge in [0.2, 0.25) is 0 Å². The van der Waals surface area contributed by atoms with Crippen LogP contribution in [0.3, 0.4) is 0 Å². The van der Waals surface area contributed by atoms with Crippen LogP contribution in [0.1, 0.15) is 28.5 Å². The Hall–Kier alpha value is -2.59. The first-order valence-corrected chi connectivity index (χ1v) is 7.33. The van der Waals surface area contributed by atoms with Gasteiger partial charge in [0.1, 0.15) is 5.69 Å². The van der Waals surface area contributed by atoms with Crippen molar-refractivity contribution in [1.82, 2.24) is 4.98 Å². The number of carbonyl (C=O) groups excluding carboxylic acids is 1. The molecule has 0 radical (unpaired) electrons. The van der Waals surface area contributed by atoms with Crippen LogP contribution in [0.4, 0.5) is 5.69 Å². The van der Waals surface area contributed by atoms with E-state index in [1.807, 2.05) is 55.5 Å². The molecular weight excluding hydrogens is 276 g/mol. The number of carbonyl (C=O) groups is 1. The second-order valence-electron chi connectivity index (χ2n) is 5.19. The molecule has 3 aromatic rings. The second kappa shape index (κ2) is 6.03. The molecule has 0 aliphatic heterocycles. The number of hydrogen-bond donors (Lipinski definition) is 3. The number of amides is 1. The molecular formula is C18H18N2O2. The Balaban J connectivity index is 1.94. The lowest BCUT2D eigenvalue weighted by molar-refractivity contribution is 0.102. The second-order valence-corrected chi connectivity index (χ2v) is 5.19. The van der Waals surface area contributed by atoms with Crippen molar-refractivity contribution in [3.05, 3.63) is 65.4 Å². The fourth-order valence-electron chi connectivity index (χ4n) is 2.62. The molecule has 2 aromatic carbocycles. The zero-order valence-electron chi connectivity index (χ0n) is 12.4. The largest absolute Gasteiger partial charge is 0.392 e. The van der Waals surface area contributed by atoms with Crippen molar-refractivity contribution in [2.24, 2.45) is 0 Å². The van der Waals surface area contributed by atoms with E-state index in [4.69, 9.17) is 0 Å². The lowest BCUT2D eigenvalue weighted by Crippen LogP contribution is -2.15. The molecule has 112 valence electrons. The number of fused-ring (bicyclic) bond motifs is 1. The molecule has 1 heterocycles. The van der Waals surface area contributed by atoms with Gasteiger partial charge in [-0.2, -0.15) is 0 Å². The highest BCUT2D eigenvalue weighted by molar-refractivity contribution is 6.06. The number of H-pyrrole nitrogens is 1. The van der Waals surface area contributed by atoms with Crippen LogP contribution in [0.5, 0.6) is 0 Å². The lowest BCUT2D eigenvalue weighted by atomic mass is 10.1. The van der Waals surface area contributed by atoms with Gasteiger partial charge in [0.25, 0.3) is 5.91 Å². The van der Waals surface area contributed by atoms with E-state index >= 15 is 0 Å².